The van der Waals surface area contributed by atoms with Crippen LogP contribution in [0.25, 0.3) is 0 Å². The summed E-state index contributed by atoms with van der Waals surface area (Å²) >= 11 is 2.64. The van der Waals surface area contributed by atoms with Crippen molar-refractivity contribution in [1.29, 1.82) is 0 Å². The summed E-state index contributed by atoms with van der Waals surface area (Å²) in [5.74, 6) is -13.1. The molecular weight excluding hydrogens is 1160 g/mol. The zero-order valence-corrected chi connectivity index (χ0v) is 51.5. The van der Waals surface area contributed by atoms with Crippen molar-refractivity contribution in [1.82, 2.24) is 58.5 Å². The second-order valence-corrected chi connectivity index (χ2v) is 22.9. The number of rotatable bonds is 42. The van der Waals surface area contributed by atoms with Gasteiger partial charge in [0.1, 0.15) is 60.4 Å². The molecule has 0 saturated carbocycles. The molecule has 0 aliphatic heterocycles. The van der Waals surface area contributed by atoms with Crippen LogP contribution in [-0.4, -0.2) is 203 Å². The number of guanidine groups is 1. The van der Waals surface area contributed by atoms with Crippen molar-refractivity contribution in [3.05, 3.63) is 0 Å². The van der Waals surface area contributed by atoms with E-state index in [2.05, 4.69) is 63.5 Å². The van der Waals surface area contributed by atoms with Gasteiger partial charge in [0, 0.05) is 13.0 Å². The van der Waals surface area contributed by atoms with Gasteiger partial charge in [0.25, 0.3) is 0 Å². The van der Waals surface area contributed by atoms with E-state index in [9.17, 15) is 77.3 Å². The number of hydrogen-bond acceptors (Lipinski definition) is 18. The molecule has 0 aliphatic carbocycles. The zero-order valence-electron chi connectivity index (χ0n) is 49.9. The Labute approximate surface area is 502 Å². The quantitative estimate of drug-likeness (QED) is 0.0154. The predicted molar refractivity (Wildman–Crippen MR) is 316 cm³/mol. The molecule has 0 rings (SSSR count). The van der Waals surface area contributed by atoms with E-state index < -0.39 is 169 Å². The van der Waals surface area contributed by atoms with E-state index >= 15 is 0 Å². The van der Waals surface area contributed by atoms with E-state index in [-0.39, 0.29) is 69.3 Å². The SMILES string of the molecule is CSCC[C@H](NC(=O)[C@H](C)NC(=O)[C@H](CC(=O)O)NC(=O)[C@H](C)N)C(=O)N[C@@H](CCSC)C(=O)N[C@@H](CCC(N)=O)C(=O)N[C@@H](C)C(=O)N[C@@H](CC(C)C)C(=O)N[C@@H](CC(C)C)C(=O)NCC(=O)N[C@@H](C)C(=O)N[C@@H](CCCN=C(N)N)C(=O)O. The summed E-state index contributed by atoms with van der Waals surface area (Å²) in [4.78, 5) is 186. The number of carbonyl (C=O) groups excluding carboxylic acids is 12. The summed E-state index contributed by atoms with van der Waals surface area (Å²) in [6.07, 6.45) is 2.17. The molecule has 0 heterocycles. The number of thioether (sulfide) groups is 2. The zero-order chi connectivity index (χ0) is 65.3. The average Bonchev–Trinajstić information content (AvgIpc) is 3.62. The first-order valence-corrected chi connectivity index (χ1v) is 30.2. The van der Waals surface area contributed by atoms with Gasteiger partial charge in [-0.25, -0.2) is 4.79 Å². The number of carbonyl (C=O) groups is 14. The van der Waals surface area contributed by atoms with Gasteiger partial charge in [-0.3, -0.25) is 67.3 Å². The fourth-order valence-corrected chi connectivity index (χ4v) is 8.48. The topological polar surface area (TPSA) is 528 Å². The van der Waals surface area contributed by atoms with Crippen LogP contribution in [-0.2, 0) is 67.1 Å². The third kappa shape index (κ3) is 33.0. The first-order chi connectivity index (χ1) is 39.6. The van der Waals surface area contributed by atoms with Crippen LogP contribution in [0, 0.1) is 11.8 Å². The minimum Gasteiger partial charge on any atom is -0.481 e. The Hall–Kier alpha value is -7.49. The Bertz CT molecular complexity index is 2340. The maximum atomic E-state index is 14.0. The van der Waals surface area contributed by atoms with Crippen molar-refractivity contribution in [3.63, 3.8) is 0 Å². The van der Waals surface area contributed by atoms with Crippen LogP contribution < -0.4 is 81.4 Å². The molecule has 0 saturated heterocycles. The monoisotopic (exact) mass is 1250 g/mol. The first kappa shape index (κ1) is 77.5. The lowest BCUT2D eigenvalue weighted by atomic mass is 10.00. The molecule has 12 amide bonds. The minimum atomic E-state index is -1.60. The smallest absolute Gasteiger partial charge is 0.326 e. The molecule has 32 nitrogen and oxygen atoms in total. The number of nitrogens with zero attached hydrogens (tertiary/aromatic N) is 1. The Morgan fingerprint density at radius 1 is 0.447 bits per heavy atom. The normalized spacial score (nSPS) is 14.9. The van der Waals surface area contributed by atoms with Crippen LogP contribution in [0.4, 0.5) is 0 Å². The van der Waals surface area contributed by atoms with Crippen LogP contribution in [0.1, 0.15) is 113 Å². The van der Waals surface area contributed by atoms with Crippen LogP contribution in [0.15, 0.2) is 4.99 Å². The van der Waals surface area contributed by atoms with Gasteiger partial charge in [-0.15, -0.1) is 0 Å². The van der Waals surface area contributed by atoms with E-state index in [1.54, 1.807) is 40.2 Å². The first-order valence-electron chi connectivity index (χ1n) is 27.5. The van der Waals surface area contributed by atoms with E-state index in [1.807, 2.05) is 0 Å². The standard InChI is InChI=1S/C51H90N16O16S2/c1-24(2)20-34(44(76)57-23-38(69)58-27(6)41(73)64-33(50(82)83)12-11-17-56-51(54)55)67-49(81)35(21-25(3)4)66-43(75)29(8)59-45(77)30(13-14-37(53)68)62-47(79)32(16-19-85-10)63-46(78)31(15-18-84-9)61-42(74)28(7)60-48(80)36(22-39(70)71)65-40(72)26(5)52/h24-36H,11-23,52H2,1-10H3,(H2,53,68)(H,57,76)(H,58,69)(H,59,77)(H,60,80)(H,61,74)(H,62,79)(H,63,78)(H,64,73)(H,65,72)(H,66,75)(H,67,81)(H,70,71)(H,82,83)(H4,54,55,56)/t26-,27-,28-,29-,30-,31-,32-,33-,34-,35-,36-/m0/s1. The Balaban J connectivity index is 6.23. The summed E-state index contributed by atoms with van der Waals surface area (Å²) in [5.41, 5.74) is 21.5. The average molecular weight is 1250 g/mol. The van der Waals surface area contributed by atoms with Crippen LogP contribution in [0.3, 0.4) is 0 Å². The van der Waals surface area contributed by atoms with Crippen molar-refractivity contribution in [2.75, 3.05) is 37.1 Å². The molecule has 0 bridgehead atoms. The third-order valence-electron chi connectivity index (χ3n) is 12.2. The van der Waals surface area contributed by atoms with Gasteiger partial charge in [-0.05, 0) is 108 Å². The maximum Gasteiger partial charge on any atom is 0.326 e. The lowest BCUT2D eigenvalue weighted by Gasteiger charge is -2.27. The van der Waals surface area contributed by atoms with Gasteiger partial charge in [-0.1, -0.05) is 27.7 Å². The minimum absolute atomic E-state index is 0.00718. The maximum absolute atomic E-state index is 14.0. The predicted octanol–water partition coefficient (Wildman–Crippen LogP) is -5.17. The third-order valence-corrected chi connectivity index (χ3v) is 13.5. The van der Waals surface area contributed by atoms with Gasteiger partial charge in [0.15, 0.2) is 5.96 Å². The number of amides is 12. The van der Waals surface area contributed by atoms with Gasteiger partial charge in [0.2, 0.25) is 70.9 Å². The fourth-order valence-electron chi connectivity index (χ4n) is 7.53. The van der Waals surface area contributed by atoms with Gasteiger partial charge < -0.3 is 91.6 Å². The Kier molecular flexibility index (Phi) is 37.1. The van der Waals surface area contributed by atoms with Crippen LogP contribution >= 0.6 is 23.5 Å². The van der Waals surface area contributed by atoms with Gasteiger partial charge in [0.05, 0.1) is 19.0 Å². The molecule has 0 aromatic heterocycles. The molecule has 21 N–H and O–H groups in total. The molecule has 85 heavy (non-hydrogen) atoms. The highest BCUT2D eigenvalue weighted by atomic mass is 32.2. The number of aliphatic imine (C=N–C) groups is 1. The van der Waals surface area contributed by atoms with Gasteiger partial charge >= 0.3 is 11.9 Å². The number of nitrogens with two attached hydrogens (primary N) is 4. The molecule has 11 atom stereocenters. The van der Waals surface area contributed by atoms with E-state index in [0.29, 0.717) is 11.5 Å². The van der Waals surface area contributed by atoms with Crippen molar-refractivity contribution in [2.45, 2.75) is 180 Å². The molecule has 0 radical (unpaired) electrons. The highest BCUT2D eigenvalue weighted by molar-refractivity contribution is 7.98. The van der Waals surface area contributed by atoms with Crippen molar-refractivity contribution in [3.8, 4) is 0 Å². The number of nitrogens with one attached hydrogen (secondary N) is 11. The second-order valence-electron chi connectivity index (χ2n) is 20.9. The van der Waals surface area contributed by atoms with E-state index in [4.69, 9.17) is 22.9 Å². The van der Waals surface area contributed by atoms with Crippen molar-refractivity contribution in [2.24, 2.45) is 39.8 Å². The molecule has 482 valence electrons. The molecule has 0 spiro atoms. The number of carboxylic acids is 2. The summed E-state index contributed by atoms with van der Waals surface area (Å²) in [7, 11) is 0. The molecule has 0 aromatic carbocycles. The number of hydrogen-bond donors (Lipinski definition) is 17. The van der Waals surface area contributed by atoms with Crippen molar-refractivity contribution < 1.29 is 77.3 Å². The summed E-state index contributed by atoms with van der Waals surface area (Å²) in [5, 5.41) is 45.8. The molecule has 0 unspecified atom stereocenters. The molecule has 0 aromatic rings. The highest BCUT2D eigenvalue weighted by Crippen LogP contribution is 2.12. The van der Waals surface area contributed by atoms with E-state index in [1.165, 1.54) is 51.2 Å². The molecule has 0 aliphatic rings. The molecular formula is C51H90N16O16S2. The van der Waals surface area contributed by atoms with Crippen LogP contribution in [0.2, 0.25) is 0 Å². The Morgan fingerprint density at radius 2 is 0.824 bits per heavy atom. The molecule has 34 heteroatoms. The Morgan fingerprint density at radius 3 is 1.25 bits per heavy atom. The largest absolute Gasteiger partial charge is 0.481 e. The number of primary amides is 1. The van der Waals surface area contributed by atoms with Gasteiger partial charge in [-0.2, -0.15) is 23.5 Å². The highest BCUT2D eigenvalue weighted by Gasteiger charge is 2.35. The lowest BCUT2D eigenvalue weighted by Crippen LogP contribution is -2.60. The number of carboxylic acid groups (broad SMARTS) is 2. The summed E-state index contributed by atoms with van der Waals surface area (Å²) in [6.45, 7) is 11.7. The second kappa shape index (κ2) is 40.7. The molecule has 0 fully saturated rings. The van der Waals surface area contributed by atoms with Crippen molar-refractivity contribution >= 4 is 112 Å². The summed E-state index contributed by atoms with van der Waals surface area (Å²) in [6, 6.07) is -14.7. The van der Waals surface area contributed by atoms with E-state index in [0.717, 1.165) is 0 Å². The van der Waals surface area contributed by atoms with Crippen LogP contribution in [0.5, 0.6) is 0 Å². The summed E-state index contributed by atoms with van der Waals surface area (Å²) < 4.78 is 0. The fraction of sp³-hybridized carbons (Fsp3) is 0.706. The lowest BCUT2D eigenvalue weighted by molar-refractivity contribution is -0.142. The number of aliphatic carboxylic acids is 2.